The van der Waals surface area contributed by atoms with Gasteiger partial charge in [0.2, 0.25) is 11.8 Å². The number of piperidine rings is 1. The Hall–Kier alpha value is -2.07. The molecule has 2 heterocycles. The molecule has 0 bridgehead atoms. The molecule has 1 aliphatic heterocycles. The summed E-state index contributed by atoms with van der Waals surface area (Å²) in [5.74, 6) is 0.322. The number of nitrogens with zero attached hydrogens (tertiary/aromatic N) is 2. The van der Waals surface area contributed by atoms with Crippen LogP contribution in [0.4, 0.5) is 0 Å². The number of carbonyl (C=O) groups is 3. The number of nitrogens with one attached hydrogen (secondary N) is 2. The SMILES string of the molecule is CCC(C)C(CNC)NC(=O)CCc1nc2c(s1)C=C(Cl)CC2.CCC(N)=O.O=C/C=C/CN1CCCCC1. The Morgan fingerprint density at radius 3 is 2.51 bits per heavy atom. The summed E-state index contributed by atoms with van der Waals surface area (Å²) in [6.45, 7) is 10.2. The molecule has 10 heteroatoms. The number of likely N-dealkylation sites (N-methyl/N-ethyl adjacent to an activating group) is 1. The summed E-state index contributed by atoms with van der Waals surface area (Å²) in [6.07, 6.45) is 14.8. The van der Waals surface area contributed by atoms with Crippen molar-refractivity contribution in [1.82, 2.24) is 20.5 Å². The van der Waals surface area contributed by atoms with Crippen LogP contribution in [0.15, 0.2) is 17.2 Å². The van der Waals surface area contributed by atoms with Crippen molar-refractivity contribution in [1.29, 1.82) is 0 Å². The van der Waals surface area contributed by atoms with Gasteiger partial charge in [-0.3, -0.25) is 19.3 Å². The zero-order valence-electron chi connectivity index (χ0n) is 24.1. The molecule has 0 saturated carbocycles. The van der Waals surface area contributed by atoms with Crippen molar-refractivity contribution in [3.8, 4) is 0 Å². The quantitative estimate of drug-likeness (QED) is 0.248. The lowest BCUT2D eigenvalue weighted by Gasteiger charge is -2.24. The number of hydrogen-bond donors (Lipinski definition) is 3. The predicted octanol–water partition coefficient (Wildman–Crippen LogP) is 4.46. The van der Waals surface area contributed by atoms with Crippen molar-refractivity contribution in [2.75, 3.05) is 33.2 Å². The van der Waals surface area contributed by atoms with E-state index in [1.165, 1.54) is 32.4 Å². The first-order valence-corrected chi connectivity index (χ1v) is 15.3. The van der Waals surface area contributed by atoms with Gasteiger partial charge in [0.15, 0.2) is 0 Å². The van der Waals surface area contributed by atoms with Crippen molar-refractivity contribution in [2.45, 2.75) is 84.6 Å². The molecule has 0 spiro atoms. The standard InChI is InChI=1S/C17H26ClN3OS.C9H15NO.C3H7NO/c1-4-11(2)14(10-19-3)20-16(22)7-8-17-21-13-6-5-12(18)9-15(13)23-17;11-9-5-4-8-10-6-2-1-3-7-10;1-2-3(4)5/h9,11,14,19H,4-8,10H2,1-3H3,(H,20,22);4-5,9H,1-3,6-8H2;2H2,1H3,(H2,4,5)/b;5-4+;. The summed E-state index contributed by atoms with van der Waals surface area (Å²) < 4.78 is 0. The lowest BCUT2D eigenvalue weighted by atomic mass is 9.99. The zero-order chi connectivity index (χ0) is 29.0. The molecule has 2 aliphatic rings. The number of thiazole rings is 1. The Balaban J connectivity index is 0.000000392. The van der Waals surface area contributed by atoms with Crippen LogP contribution in [0.5, 0.6) is 0 Å². The average molecular weight is 582 g/mol. The summed E-state index contributed by atoms with van der Waals surface area (Å²) >= 11 is 7.74. The number of primary amides is 1. The van der Waals surface area contributed by atoms with E-state index in [0.717, 1.165) is 59.2 Å². The number of carbonyl (C=O) groups excluding carboxylic acids is 3. The first-order valence-electron chi connectivity index (χ1n) is 14.1. The number of likely N-dealkylation sites (tertiary alicyclic amines) is 1. The molecule has 0 radical (unpaired) electrons. The number of fused-ring (bicyclic) bond motifs is 1. The maximum Gasteiger partial charge on any atom is 0.220 e. The van der Waals surface area contributed by atoms with E-state index < -0.39 is 0 Å². The van der Waals surface area contributed by atoms with E-state index in [1.807, 2.05) is 19.2 Å². The minimum absolute atomic E-state index is 0.104. The number of nitrogens with two attached hydrogens (primary N) is 1. The van der Waals surface area contributed by atoms with Crippen LogP contribution in [0.2, 0.25) is 0 Å². The smallest absolute Gasteiger partial charge is 0.220 e. The summed E-state index contributed by atoms with van der Waals surface area (Å²) in [5.41, 5.74) is 5.78. The molecule has 2 amide bonds. The maximum absolute atomic E-state index is 12.2. The molecular formula is C29H48ClN5O3S. The number of amides is 2. The van der Waals surface area contributed by atoms with Crippen molar-refractivity contribution in [2.24, 2.45) is 11.7 Å². The number of aromatic nitrogens is 1. The van der Waals surface area contributed by atoms with Gasteiger partial charge >= 0.3 is 0 Å². The van der Waals surface area contributed by atoms with Crippen molar-refractivity contribution in [3.05, 3.63) is 32.8 Å². The first-order chi connectivity index (χ1) is 18.7. The average Bonchev–Trinajstić information content (AvgIpc) is 3.34. The van der Waals surface area contributed by atoms with Crippen LogP contribution < -0.4 is 16.4 Å². The second-order valence-electron chi connectivity index (χ2n) is 9.87. The van der Waals surface area contributed by atoms with Crippen LogP contribution in [0.3, 0.4) is 0 Å². The fraction of sp³-hybridized carbons (Fsp3) is 0.655. The van der Waals surface area contributed by atoms with Gasteiger partial charge in [0.25, 0.3) is 0 Å². The van der Waals surface area contributed by atoms with Gasteiger partial charge in [0, 0.05) is 43.4 Å². The Morgan fingerprint density at radius 2 is 1.92 bits per heavy atom. The summed E-state index contributed by atoms with van der Waals surface area (Å²) in [5, 5.41) is 8.23. The highest BCUT2D eigenvalue weighted by Crippen LogP contribution is 2.30. The molecule has 220 valence electrons. The third kappa shape index (κ3) is 15.3. The molecule has 1 aromatic heterocycles. The highest BCUT2D eigenvalue weighted by Gasteiger charge is 2.19. The van der Waals surface area contributed by atoms with Gasteiger partial charge in [-0.15, -0.1) is 11.3 Å². The van der Waals surface area contributed by atoms with Gasteiger partial charge in [-0.2, -0.15) is 0 Å². The molecule has 2 unspecified atom stereocenters. The van der Waals surface area contributed by atoms with E-state index in [2.05, 4.69) is 40.1 Å². The first kappa shape index (κ1) is 35.0. The lowest BCUT2D eigenvalue weighted by Crippen LogP contribution is -2.45. The molecule has 2 atom stereocenters. The maximum atomic E-state index is 12.2. The molecular weight excluding hydrogens is 534 g/mol. The van der Waals surface area contributed by atoms with Gasteiger partial charge in [-0.05, 0) is 63.9 Å². The fourth-order valence-electron chi connectivity index (χ4n) is 4.07. The van der Waals surface area contributed by atoms with Gasteiger partial charge in [0.1, 0.15) is 6.29 Å². The lowest BCUT2D eigenvalue weighted by molar-refractivity contribution is -0.122. The Kier molecular flexibility index (Phi) is 18.6. The van der Waals surface area contributed by atoms with Gasteiger partial charge in [0.05, 0.1) is 15.6 Å². The van der Waals surface area contributed by atoms with E-state index in [4.69, 9.17) is 11.6 Å². The van der Waals surface area contributed by atoms with Crippen LogP contribution in [0.1, 0.15) is 81.3 Å². The molecule has 1 aliphatic carbocycles. The number of halogens is 1. The van der Waals surface area contributed by atoms with Gasteiger partial charge < -0.3 is 16.4 Å². The highest BCUT2D eigenvalue weighted by atomic mass is 35.5. The zero-order valence-corrected chi connectivity index (χ0v) is 25.7. The third-order valence-electron chi connectivity index (χ3n) is 6.70. The van der Waals surface area contributed by atoms with E-state index in [1.54, 1.807) is 24.3 Å². The summed E-state index contributed by atoms with van der Waals surface area (Å²) in [7, 11) is 1.92. The Labute approximate surface area is 243 Å². The molecule has 0 aromatic carbocycles. The fourth-order valence-corrected chi connectivity index (χ4v) is 5.42. The Morgan fingerprint density at radius 1 is 1.23 bits per heavy atom. The van der Waals surface area contributed by atoms with E-state index in [9.17, 15) is 14.4 Å². The normalized spacial score (nSPS) is 16.5. The van der Waals surface area contributed by atoms with Crippen LogP contribution in [-0.4, -0.2) is 67.3 Å². The molecule has 1 fully saturated rings. The second kappa shape index (κ2) is 20.8. The van der Waals surface area contributed by atoms with Crippen molar-refractivity contribution in [3.63, 3.8) is 0 Å². The minimum Gasteiger partial charge on any atom is -0.370 e. The van der Waals surface area contributed by atoms with Crippen LogP contribution in [0, 0.1) is 5.92 Å². The molecule has 3 rings (SSSR count). The number of rotatable bonds is 12. The Bertz CT molecular complexity index is 928. The van der Waals surface area contributed by atoms with E-state index in [0.29, 0.717) is 25.2 Å². The van der Waals surface area contributed by atoms with Gasteiger partial charge in [-0.25, -0.2) is 4.98 Å². The molecule has 4 N–H and O–H groups in total. The van der Waals surface area contributed by atoms with Crippen LogP contribution in [-0.2, 0) is 27.2 Å². The minimum atomic E-state index is -0.245. The summed E-state index contributed by atoms with van der Waals surface area (Å²) in [6, 6.07) is 0.184. The van der Waals surface area contributed by atoms with E-state index in [-0.39, 0.29) is 17.9 Å². The highest BCUT2D eigenvalue weighted by molar-refractivity contribution is 7.12. The second-order valence-corrected chi connectivity index (χ2v) is 11.5. The molecule has 39 heavy (non-hydrogen) atoms. The molecule has 1 saturated heterocycles. The van der Waals surface area contributed by atoms with Crippen LogP contribution in [0.25, 0.3) is 6.08 Å². The number of aryl methyl sites for hydroxylation is 2. The predicted molar refractivity (Wildman–Crippen MR) is 163 cm³/mol. The summed E-state index contributed by atoms with van der Waals surface area (Å²) in [4.78, 5) is 39.9. The van der Waals surface area contributed by atoms with Gasteiger partial charge in [-0.1, -0.05) is 51.3 Å². The number of hydrogen-bond acceptors (Lipinski definition) is 7. The molecule has 1 aromatic rings. The van der Waals surface area contributed by atoms with Crippen molar-refractivity contribution < 1.29 is 14.4 Å². The number of aldehydes is 1. The number of allylic oxidation sites excluding steroid dienone is 2. The monoisotopic (exact) mass is 581 g/mol. The third-order valence-corrected chi connectivity index (χ3v) is 8.11. The largest absolute Gasteiger partial charge is 0.370 e. The van der Waals surface area contributed by atoms with E-state index >= 15 is 0 Å². The topological polar surface area (TPSA) is 117 Å². The van der Waals surface area contributed by atoms with Crippen molar-refractivity contribution >= 4 is 47.1 Å². The van der Waals surface area contributed by atoms with Crippen LogP contribution >= 0.6 is 22.9 Å². The molecule has 8 nitrogen and oxygen atoms in total.